The van der Waals surface area contributed by atoms with E-state index in [0.29, 0.717) is 48.5 Å². The summed E-state index contributed by atoms with van der Waals surface area (Å²) < 4.78 is 18.2. The number of carbonyl (C=O) groups excluding carboxylic acids is 2. The van der Waals surface area contributed by atoms with E-state index < -0.39 is 17.4 Å². The second-order valence-corrected chi connectivity index (χ2v) is 8.60. The number of aromatic nitrogens is 1. The zero-order valence-corrected chi connectivity index (χ0v) is 19.3. The molecule has 9 heteroatoms. The minimum Gasteiger partial charge on any atom is -0.454 e. The zero-order valence-electron chi connectivity index (χ0n) is 19.3. The van der Waals surface area contributed by atoms with Crippen molar-refractivity contribution in [1.82, 2.24) is 15.2 Å². The third-order valence-corrected chi connectivity index (χ3v) is 6.47. The summed E-state index contributed by atoms with van der Waals surface area (Å²) in [5.74, 6) is 0.0977. The van der Waals surface area contributed by atoms with Gasteiger partial charge in [-0.3, -0.25) is 14.4 Å². The molecule has 33 heavy (non-hydrogen) atoms. The first-order chi connectivity index (χ1) is 15.9. The molecule has 0 aliphatic carbocycles. The predicted molar refractivity (Wildman–Crippen MR) is 123 cm³/mol. The molecule has 9 nitrogen and oxygen atoms in total. The molecular weight excluding hydrogens is 426 g/mol. The number of amides is 2. The SMILES string of the molecule is CC[C@@H](C)[C@H](NC(=O)c1cn(CC)c2cc3c(cc2c1=O)OCO3)C(=O)NC[C@H]1CCCO1. The van der Waals surface area contributed by atoms with Crippen molar-refractivity contribution >= 4 is 22.7 Å². The monoisotopic (exact) mass is 457 g/mol. The second-order valence-electron chi connectivity index (χ2n) is 8.60. The maximum atomic E-state index is 13.2. The van der Waals surface area contributed by atoms with Gasteiger partial charge in [0.05, 0.1) is 17.0 Å². The molecule has 2 aliphatic rings. The maximum Gasteiger partial charge on any atom is 0.257 e. The van der Waals surface area contributed by atoms with Crippen LogP contribution in [0.2, 0.25) is 0 Å². The van der Waals surface area contributed by atoms with Gasteiger partial charge in [-0.1, -0.05) is 20.3 Å². The molecule has 2 N–H and O–H groups in total. The number of ether oxygens (including phenoxy) is 3. The van der Waals surface area contributed by atoms with Crippen LogP contribution in [0.15, 0.2) is 23.1 Å². The van der Waals surface area contributed by atoms with E-state index in [1.165, 1.54) is 0 Å². The smallest absolute Gasteiger partial charge is 0.257 e. The van der Waals surface area contributed by atoms with Crippen LogP contribution in [0.1, 0.15) is 50.4 Å². The number of aryl methyl sites for hydroxylation is 1. The molecule has 2 amide bonds. The molecule has 3 heterocycles. The van der Waals surface area contributed by atoms with Gasteiger partial charge in [0.25, 0.3) is 5.91 Å². The van der Waals surface area contributed by atoms with Crippen LogP contribution in [0.3, 0.4) is 0 Å². The summed E-state index contributed by atoms with van der Waals surface area (Å²) in [6.07, 6.45) is 4.14. The molecule has 0 saturated carbocycles. The molecule has 1 fully saturated rings. The highest BCUT2D eigenvalue weighted by atomic mass is 16.7. The molecule has 2 aromatic rings. The number of hydrogen-bond donors (Lipinski definition) is 2. The summed E-state index contributed by atoms with van der Waals surface area (Å²) in [7, 11) is 0. The zero-order chi connectivity index (χ0) is 23.5. The fourth-order valence-corrected chi connectivity index (χ4v) is 4.25. The highest BCUT2D eigenvalue weighted by Gasteiger charge is 2.29. The summed E-state index contributed by atoms with van der Waals surface area (Å²) in [6, 6.07) is 2.61. The minimum atomic E-state index is -0.758. The standard InChI is InChI=1S/C24H31N3O6/c1-4-14(3)21(24(30)25-11-15-7-6-8-31-15)26-23(29)17-12-27(5-2)18-10-20-19(32-13-33-20)9-16(18)22(17)28/h9-10,12,14-15,21H,4-8,11,13H2,1-3H3,(H,25,30)(H,26,29)/t14-,15-,21+/m1/s1. The van der Waals surface area contributed by atoms with E-state index >= 15 is 0 Å². The van der Waals surface area contributed by atoms with E-state index in [1.54, 1.807) is 18.3 Å². The molecule has 0 bridgehead atoms. The summed E-state index contributed by atoms with van der Waals surface area (Å²) in [4.78, 5) is 39.4. The molecule has 1 aromatic carbocycles. The molecule has 178 valence electrons. The molecule has 1 aromatic heterocycles. The van der Waals surface area contributed by atoms with E-state index in [9.17, 15) is 14.4 Å². The lowest BCUT2D eigenvalue weighted by Gasteiger charge is -2.24. The van der Waals surface area contributed by atoms with Crippen molar-refractivity contribution in [2.45, 2.75) is 58.7 Å². The van der Waals surface area contributed by atoms with Gasteiger partial charge in [0.1, 0.15) is 11.6 Å². The molecule has 0 spiro atoms. The first-order valence-corrected chi connectivity index (χ1v) is 11.6. The first-order valence-electron chi connectivity index (χ1n) is 11.6. The molecule has 4 rings (SSSR count). The van der Waals surface area contributed by atoms with Gasteiger partial charge in [-0.15, -0.1) is 0 Å². The van der Waals surface area contributed by atoms with Gasteiger partial charge in [-0.2, -0.15) is 0 Å². The van der Waals surface area contributed by atoms with Gasteiger partial charge in [0.15, 0.2) is 11.5 Å². The topological polar surface area (TPSA) is 108 Å². The van der Waals surface area contributed by atoms with Crippen molar-refractivity contribution in [2.24, 2.45) is 5.92 Å². The Morgan fingerprint density at radius 2 is 1.97 bits per heavy atom. The van der Waals surface area contributed by atoms with Crippen molar-refractivity contribution in [3.8, 4) is 11.5 Å². The van der Waals surface area contributed by atoms with E-state index in [-0.39, 0.29) is 30.3 Å². The van der Waals surface area contributed by atoms with Crippen molar-refractivity contribution in [3.05, 3.63) is 34.1 Å². The number of fused-ring (bicyclic) bond motifs is 2. The van der Waals surface area contributed by atoms with Crippen molar-refractivity contribution in [2.75, 3.05) is 19.9 Å². The Morgan fingerprint density at radius 1 is 1.21 bits per heavy atom. The molecular formula is C24H31N3O6. The fourth-order valence-electron chi connectivity index (χ4n) is 4.25. The maximum absolute atomic E-state index is 13.2. The highest BCUT2D eigenvalue weighted by Crippen LogP contribution is 2.35. The minimum absolute atomic E-state index is 0.00686. The van der Waals surface area contributed by atoms with Crippen molar-refractivity contribution in [3.63, 3.8) is 0 Å². The quantitative estimate of drug-likeness (QED) is 0.629. The third-order valence-electron chi connectivity index (χ3n) is 6.47. The van der Waals surface area contributed by atoms with Crippen LogP contribution < -0.4 is 25.5 Å². The average Bonchev–Trinajstić information content (AvgIpc) is 3.51. The third kappa shape index (κ3) is 4.68. The summed E-state index contributed by atoms with van der Waals surface area (Å²) >= 11 is 0. The van der Waals surface area contributed by atoms with Gasteiger partial charge < -0.3 is 29.4 Å². The Bertz CT molecular complexity index is 1110. The molecule has 3 atom stereocenters. The van der Waals surface area contributed by atoms with Crippen LogP contribution in [0.25, 0.3) is 10.9 Å². The van der Waals surface area contributed by atoms with E-state index in [1.807, 2.05) is 25.3 Å². The van der Waals surface area contributed by atoms with Gasteiger partial charge in [0.2, 0.25) is 18.1 Å². The Kier molecular flexibility index (Phi) is 6.88. The van der Waals surface area contributed by atoms with E-state index in [4.69, 9.17) is 14.2 Å². The lowest BCUT2D eigenvalue weighted by Crippen LogP contribution is -2.52. The van der Waals surface area contributed by atoms with Crippen LogP contribution in [0, 0.1) is 5.92 Å². The Hall–Kier alpha value is -3.07. The second kappa shape index (κ2) is 9.82. The molecule has 0 radical (unpaired) electrons. The van der Waals surface area contributed by atoms with Crippen LogP contribution in [0.5, 0.6) is 11.5 Å². The normalized spacial score (nSPS) is 18.8. The van der Waals surface area contributed by atoms with Crippen molar-refractivity contribution in [1.29, 1.82) is 0 Å². The number of nitrogens with zero attached hydrogens (tertiary/aromatic N) is 1. The molecule has 1 saturated heterocycles. The van der Waals surface area contributed by atoms with Gasteiger partial charge in [0, 0.05) is 32.0 Å². The largest absolute Gasteiger partial charge is 0.454 e. The van der Waals surface area contributed by atoms with Crippen LogP contribution in [-0.4, -0.2) is 48.5 Å². The number of pyridine rings is 1. The number of carbonyl (C=O) groups is 2. The van der Waals surface area contributed by atoms with E-state index in [2.05, 4.69) is 10.6 Å². The number of benzene rings is 1. The number of rotatable bonds is 8. The summed E-state index contributed by atoms with van der Waals surface area (Å²) in [5, 5.41) is 6.08. The molecule has 2 aliphatic heterocycles. The van der Waals surface area contributed by atoms with Crippen LogP contribution in [-0.2, 0) is 16.1 Å². The Balaban J connectivity index is 1.60. The van der Waals surface area contributed by atoms with Crippen LogP contribution >= 0.6 is 0 Å². The van der Waals surface area contributed by atoms with Gasteiger partial charge in [-0.25, -0.2) is 0 Å². The Morgan fingerprint density at radius 3 is 2.64 bits per heavy atom. The lowest BCUT2D eigenvalue weighted by atomic mass is 9.97. The van der Waals surface area contributed by atoms with Crippen LogP contribution in [0.4, 0.5) is 0 Å². The Labute approximate surface area is 192 Å². The first kappa shape index (κ1) is 23.1. The summed E-state index contributed by atoms with van der Waals surface area (Å²) in [5.41, 5.74) is 0.243. The highest BCUT2D eigenvalue weighted by molar-refractivity contribution is 6.00. The fraction of sp³-hybridized carbons (Fsp3) is 0.542. The van der Waals surface area contributed by atoms with Crippen molar-refractivity contribution < 1.29 is 23.8 Å². The van der Waals surface area contributed by atoms with E-state index in [0.717, 1.165) is 12.8 Å². The molecule has 0 unspecified atom stereocenters. The van der Waals surface area contributed by atoms with Gasteiger partial charge >= 0.3 is 0 Å². The number of hydrogen-bond acceptors (Lipinski definition) is 6. The van der Waals surface area contributed by atoms with Gasteiger partial charge in [-0.05, 0) is 31.7 Å². The number of nitrogens with one attached hydrogen (secondary N) is 2. The average molecular weight is 458 g/mol. The summed E-state index contributed by atoms with van der Waals surface area (Å²) in [6.45, 7) is 7.55. The lowest BCUT2D eigenvalue weighted by molar-refractivity contribution is -0.124. The predicted octanol–water partition coefficient (Wildman–Crippen LogP) is 2.19.